The molecule has 0 spiro atoms. The summed E-state index contributed by atoms with van der Waals surface area (Å²) in [7, 11) is 1.93. The van der Waals surface area contributed by atoms with E-state index < -0.39 is 0 Å². The Balaban J connectivity index is 2.51. The smallest absolute Gasteiger partial charge is 0.103 e. The number of hydrogen-bond donors (Lipinski definition) is 1. The van der Waals surface area contributed by atoms with Crippen molar-refractivity contribution < 1.29 is 0 Å². The Morgan fingerprint density at radius 2 is 1.79 bits per heavy atom. The van der Waals surface area contributed by atoms with Crippen molar-refractivity contribution >= 4 is 15.9 Å². The van der Waals surface area contributed by atoms with Crippen LogP contribution in [0.15, 0.2) is 16.6 Å². The van der Waals surface area contributed by atoms with Crippen LogP contribution >= 0.6 is 15.9 Å². The summed E-state index contributed by atoms with van der Waals surface area (Å²) in [6.45, 7) is 8.31. The van der Waals surface area contributed by atoms with Crippen LogP contribution in [-0.2, 0) is 0 Å². The highest BCUT2D eigenvalue weighted by molar-refractivity contribution is 9.10. The zero-order valence-corrected chi connectivity index (χ0v) is 13.5. The zero-order chi connectivity index (χ0) is 14.2. The van der Waals surface area contributed by atoms with Gasteiger partial charge in [0.05, 0.1) is 17.4 Å². The van der Waals surface area contributed by atoms with Gasteiger partial charge in [-0.15, -0.1) is 5.10 Å². The molecule has 19 heavy (non-hydrogen) atoms. The first-order valence-electron chi connectivity index (χ1n) is 6.32. The second kappa shape index (κ2) is 5.43. The lowest BCUT2D eigenvalue weighted by atomic mass is 10.1. The molecule has 0 aliphatic rings. The molecule has 1 aromatic heterocycles. The van der Waals surface area contributed by atoms with Gasteiger partial charge in [0.1, 0.15) is 5.69 Å². The van der Waals surface area contributed by atoms with Gasteiger partial charge >= 0.3 is 0 Å². The molecule has 0 bridgehead atoms. The first-order chi connectivity index (χ1) is 8.95. The summed E-state index contributed by atoms with van der Waals surface area (Å²) in [5, 5.41) is 11.8. The topological polar surface area (TPSA) is 42.7 Å². The molecule has 5 heteroatoms. The van der Waals surface area contributed by atoms with E-state index in [0.29, 0.717) is 0 Å². The van der Waals surface area contributed by atoms with Crippen molar-refractivity contribution in [3.8, 4) is 5.69 Å². The second-order valence-electron chi connectivity index (χ2n) is 4.88. The van der Waals surface area contributed by atoms with Crippen molar-refractivity contribution in [2.24, 2.45) is 0 Å². The Kier molecular flexibility index (Phi) is 4.06. The summed E-state index contributed by atoms with van der Waals surface area (Å²) >= 11 is 3.59. The fourth-order valence-corrected chi connectivity index (χ4v) is 2.40. The average molecular weight is 323 g/mol. The molecule has 1 N–H and O–H groups in total. The van der Waals surface area contributed by atoms with Gasteiger partial charge < -0.3 is 5.32 Å². The van der Waals surface area contributed by atoms with Gasteiger partial charge in [0.2, 0.25) is 0 Å². The molecule has 0 saturated carbocycles. The summed E-state index contributed by atoms with van der Waals surface area (Å²) in [6, 6.07) is 4.44. The van der Waals surface area contributed by atoms with Crippen molar-refractivity contribution in [2.75, 3.05) is 7.05 Å². The molecule has 0 fully saturated rings. The van der Waals surface area contributed by atoms with Gasteiger partial charge in [-0.05, 0) is 58.0 Å². The number of benzene rings is 1. The molecule has 102 valence electrons. The highest BCUT2D eigenvalue weighted by Crippen LogP contribution is 2.25. The van der Waals surface area contributed by atoms with E-state index in [1.807, 2.05) is 11.7 Å². The SMILES string of the molecule is CNC(C)c1nnn(-c2cc(C)c(Br)c(C)c2)c1C. The van der Waals surface area contributed by atoms with E-state index in [9.17, 15) is 0 Å². The molecule has 2 rings (SSSR count). The molecule has 0 saturated heterocycles. The first-order valence-corrected chi connectivity index (χ1v) is 7.11. The molecule has 1 heterocycles. The van der Waals surface area contributed by atoms with Crippen LogP contribution in [-0.4, -0.2) is 22.0 Å². The molecule has 0 amide bonds. The number of rotatable bonds is 3. The van der Waals surface area contributed by atoms with E-state index in [-0.39, 0.29) is 6.04 Å². The number of hydrogen-bond acceptors (Lipinski definition) is 3. The van der Waals surface area contributed by atoms with E-state index in [0.717, 1.165) is 21.5 Å². The Morgan fingerprint density at radius 3 is 2.32 bits per heavy atom. The number of nitrogens with one attached hydrogen (secondary N) is 1. The van der Waals surface area contributed by atoms with E-state index in [2.05, 4.69) is 71.4 Å². The van der Waals surface area contributed by atoms with Crippen molar-refractivity contribution in [2.45, 2.75) is 33.7 Å². The third-order valence-electron chi connectivity index (χ3n) is 3.44. The van der Waals surface area contributed by atoms with Gasteiger partial charge in [-0.1, -0.05) is 21.1 Å². The molecule has 2 aromatic rings. The molecular weight excluding hydrogens is 304 g/mol. The van der Waals surface area contributed by atoms with Crippen LogP contribution in [0.4, 0.5) is 0 Å². The highest BCUT2D eigenvalue weighted by atomic mass is 79.9. The fraction of sp³-hybridized carbons (Fsp3) is 0.429. The monoisotopic (exact) mass is 322 g/mol. The fourth-order valence-electron chi connectivity index (χ4n) is 2.17. The summed E-state index contributed by atoms with van der Waals surface area (Å²) in [4.78, 5) is 0. The second-order valence-corrected chi connectivity index (χ2v) is 5.67. The first kappa shape index (κ1) is 14.2. The molecule has 0 aliphatic carbocycles. The Hall–Kier alpha value is -1.20. The van der Waals surface area contributed by atoms with Gasteiger partial charge in [0, 0.05) is 4.47 Å². The Bertz CT molecular complexity index is 580. The van der Waals surface area contributed by atoms with Gasteiger partial charge in [-0.2, -0.15) is 0 Å². The van der Waals surface area contributed by atoms with Crippen LogP contribution in [0.3, 0.4) is 0 Å². The predicted octanol–water partition coefficient (Wildman–Crippen LogP) is 3.24. The molecule has 1 aromatic carbocycles. The lowest BCUT2D eigenvalue weighted by Crippen LogP contribution is -2.14. The molecule has 0 aliphatic heterocycles. The molecule has 1 unspecified atom stereocenters. The number of aromatic nitrogens is 3. The van der Waals surface area contributed by atoms with Crippen LogP contribution in [0.1, 0.15) is 35.5 Å². The van der Waals surface area contributed by atoms with E-state index >= 15 is 0 Å². The number of halogens is 1. The minimum atomic E-state index is 0.200. The maximum absolute atomic E-state index is 4.28. The summed E-state index contributed by atoms with van der Waals surface area (Å²) in [5.41, 5.74) is 5.52. The molecular formula is C14H19BrN4. The quantitative estimate of drug-likeness (QED) is 0.943. The maximum Gasteiger partial charge on any atom is 0.103 e. The zero-order valence-electron chi connectivity index (χ0n) is 12.0. The third-order valence-corrected chi connectivity index (χ3v) is 4.69. The molecule has 0 radical (unpaired) electrons. The van der Waals surface area contributed by atoms with E-state index in [1.54, 1.807) is 0 Å². The predicted molar refractivity (Wildman–Crippen MR) is 80.7 cm³/mol. The van der Waals surface area contributed by atoms with Crippen molar-refractivity contribution in [1.29, 1.82) is 0 Å². The van der Waals surface area contributed by atoms with Gasteiger partial charge in [-0.25, -0.2) is 4.68 Å². The number of aryl methyl sites for hydroxylation is 2. The lowest BCUT2D eigenvalue weighted by molar-refractivity contribution is 0.627. The summed E-state index contributed by atoms with van der Waals surface area (Å²) in [5.74, 6) is 0. The van der Waals surface area contributed by atoms with E-state index in [4.69, 9.17) is 0 Å². The number of nitrogens with zero attached hydrogens (tertiary/aromatic N) is 3. The average Bonchev–Trinajstić information content (AvgIpc) is 2.76. The van der Waals surface area contributed by atoms with E-state index in [1.165, 1.54) is 11.1 Å². The van der Waals surface area contributed by atoms with Crippen LogP contribution < -0.4 is 5.32 Å². The summed E-state index contributed by atoms with van der Waals surface area (Å²) < 4.78 is 3.05. The van der Waals surface area contributed by atoms with Crippen LogP contribution in [0.25, 0.3) is 5.69 Å². The lowest BCUT2D eigenvalue weighted by Gasteiger charge is -2.10. The van der Waals surface area contributed by atoms with Gasteiger partial charge in [-0.3, -0.25) is 0 Å². The van der Waals surface area contributed by atoms with Crippen LogP contribution in [0.5, 0.6) is 0 Å². The minimum absolute atomic E-state index is 0.200. The van der Waals surface area contributed by atoms with Crippen molar-refractivity contribution in [3.05, 3.63) is 39.1 Å². The van der Waals surface area contributed by atoms with Crippen molar-refractivity contribution in [1.82, 2.24) is 20.3 Å². The third kappa shape index (κ3) is 2.58. The Morgan fingerprint density at radius 1 is 1.21 bits per heavy atom. The van der Waals surface area contributed by atoms with Gasteiger partial charge in [0.25, 0.3) is 0 Å². The van der Waals surface area contributed by atoms with Crippen LogP contribution in [0.2, 0.25) is 0 Å². The largest absolute Gasteiger partial charge is 0.312 e. The van der Waals surface area contributed by atoms with Gasteiger partial charge in [0.15, 0.2) is 0 Å². The maximum atomic E-state index is 4.28. The minimum Gasteiger partial charge on any atom is -0.312 e. The van der Waals surface area contributed by atoms with Crippen molar-refractivity contribution in [3.63, 3.8) is 0 Å². The molecule has 1 atom stereocenters. The summed E-state index contributed by atoms with van der Waals surface area (Å²) in [6.07, 6.45) is 0. The normalized spacial score (nSPS) is 12.7. The van der Waals surface area contributed by atoms with Crippen LogP contribution in [0, 0.1) is 20.8 Å². The molecule has 4 nitrogen and oxygen atoms in total. The Labute approximate surface area is 122 Å². The highest BCUT2D eigenvalue weighted by Gasteiger charge is 2.15. The standard InChI is InChI=1S/C14H19BrN4/c1-8-6-12(7-9(2)13(8)15)19-11(4)14(17-18-19)10(3)16-5/h6-7,10,16H,1-5H3.